The van der Waals surface area contributed by atoms with Crippen molar-refractivity contribution in [3.8, 4) is 0 Å². The normalized spacial score (nSPS) is 22.9. The Bertz CT molecular complexity index is 527. The molecule has 7 nitrogen and oxygen atoms in total. The molecule has 1 unspecified atom stereocenters. The highest BCUT2D eigenvalue weighted by atomic mass is 16.4. The Hall–Kier alpha value is -1.86. The average Bonchev–Trinajstić information content (AvgIpc) is 3.06. The van der Waals surface area contributed by atoms with Crippen LogP contribution < -0.4 is 11.3 Å². The fourth-order valence-electron chi connectivity index (χ4n) is 2.95. The molecule has 20 heavy (non-hydrogen) atoms. The third-order valence-electron chi connectivity index (χ3n) is 3.97. The van der Waals surface area contributed by atoms with Crippen LogP contribution in [-0.4, -0.2) is 47.3 Å². The fraction of sp³-hybridized carbons (Fsp3) is 0.538. The van der Waals surface area contributed by atoms with Crippen molar-refractivity contribution in [3.05, 3.63) is 23.7 Å². The number of nitrogens with two attached hydrogens (primary N) is 1. The summed E-state index contributed by atoms with van der Waals surface area (Å²) in [5.74, 6) is 5.86. The quantitative estimate of drug-likeness (QED) is 0.449. The molecule has 7 heteroatoms. The van der Waals surface area contributed by atoms with Gasteiger partial charge in [-0.05, 0) is 18.6 Å². The number of carbonyl (C=O) groups is 2. The molecule has 2 aliphatic heterocycles. The summed E-state index contributed by atoms with van der Waals surface area (Å²) in [5, 5.41) is 0. The van der Waals surface area contributed by atoms with Crippen LogP contribution in [-0.2, 0) is 11.3 Å². The predicted octanol–water partition coefficient (Wildman–Crippen LogP) is -0.310. The molecule has 2 aliphatic rings. The predicted molar refractivity (Wildman–Crippen MR) is 70.4 cm³/mol. The Labute approximate surface area is 116 Å². The van der Waals surface area contributed by atoms with E-state index in [1.165, 1.54) is 0 Å². The maximum absolute atomic E-state index is 11.6. The van der Waals surface area contributed by atoms with E-state index in [2.05, 4.69) is 4.90 Å². The molecule has 3 N–H and O–H groups in total. The number of amides is 2. The van der Waals surface area contributed by atoms with Crippen molar-refractivity contribution < 1.29 is 14.0 Å². The third-order valence-corrected chi connectivity index (χ3v) is 3.97. The first kappa shape index (κ1) is 13.1. The molecular formula is C13H18N4O3. The molecule has 3 rings (SSSR count). The smallest absolute Gasteiger partial charge is 0.300 e. The SMILES string of the molecule is NNC(=O)c1ccc(CN2CCN3C(=O)CCC3C2)o1. The lowest BCUT2D eigenvalue weighted by molar-refractivity contribution is -0.130. The average molecular weight is 278 g/mol. The minimum absolute atomic E-state index is 0.220. The maximum Gasteiger partial charge on any atom is 0.300 e. The third kappa shape index (κ3) is 2.41. The number of rotatable bonds is 3. The van der Waals surface area contributed by atoms with Gasteiger partial charge in [0.25, 0.3) is 0 Å². The van der Waals surface area contributed by atoms with E-state index in [-0.39, 0.29) is 11.7 Å². The Morgan fingerprint density at radius 3 is 3.10 bits per heavy atom. The molecule has 2 amide bonds. The fourth-order valence-corrected chi connectivity index (χ4v) is 2.95. The van der Waals surface area contributed by atoms with Crippen LogP contribution in [0.5, 0.6) is 0 Å². The molecule has 0 aromatic carbocycles. The van der Waals surface area contributed by atoms with Gasteiger partial charge in [0.2, 0.25) is 5.91 Å². The highest BCUT2D eigenvalue weighted by Gasteiger charge is 2.35. The second kappa shape index (κ2) is 5.26. The van der Waals surface area contributed by atoms with Crippen molar-refractivity contribution in [3.63, 3.8) is 0 Å². The van der Waals surface area contributed by atoms with Gasteiger partial charge < -0.3 is 9.32 Å². The lowest BCUT2D eigenvalue weighted by atomic mass is 10.1. The summed E-state index contributed by atoms with van der Waals surface area (Å²) in [4.78, 5) is 27.2. The summed E-state index contributed by atoms with van der Waals surface area (Å²) in [6.45, 7) is 3.13. The van der Waals surface area contributed by atoms with E-state index >= 15 is 0 Å². The second-order valence-corrected chi connectivity index (χ2v) is 5.25. The second-order valence-electron chi connectivity index (χ2n) is 5.25. The van der Waals surface area contributed by atoms with E-state index in [9.17, 15) is 9.59 Å². The number of fused-ring (bicyclic) bond motifs is 1. The van der Waals surface area contributed by atoms with E-state index in [1.54, 1.807) is 12.1 Å². The first-order chi connectivity index (χ1) is 9.67. The molecule has 1 aromatic rings. The zero-order chi connectivity index (χ0) is 14.1. The van der Waals surface area contributed by atoms with Gasteiger partial charge in [0.05, 0.1) is 6.54 Å². The first-order valence-electron chi connectivity index (χ1n) is 6.79. The number of furan rings is 1. The molecule has 108 valence electrons. The molecule has 0 spiro atoms. The van der Waals surface area contributed by atoms with Crippen LogP contribution in [0.15, 0.2) is 16.5 Å². The van der Waals surface area contributed by atoms with Gasteiger partial charge >= 0.3 is 5.91 Å². The Balaban J connectivity index is 1.60. The Kier molecular flexibility index (Phi) is 3.45. The van der Waals surface area contributed by atoms with Gasteiger partial charge in [0.1, 0.15) is 5.76 Å². The minimum atomic E-state index is -0.428. The highest BCUT2D eigenvalue weighted by molar-refractivity contribution is 5.90. The number of hydrazine groups is 1. The number of nitrogens with zero attached hydrogens (tertiary/aromatic N) is 2. The van der Waals surface area contributed by atoms with Crippen LogP contribution in [0.3, 0.4) is 0 Å². The Morgan fingerprint density at radius 2 is 2.30 bits per heavy atom. The summed E-state index contributed by atoms with van der Waals surface area (Å²) in [6.07, 6.45) is 1.61. The summed E-state index contributed by atoms with van der Waals surface area (Å²) < 4.78 is 5.46. The van der Waals surface area contributed by atoms with Crippen molar-refractivity contribution in [2.75, 3.05) is 19.6 Å². The summed E-state index contributed by atoms with van der Waals surface area (Å²) in [5.41, 5.74) is 2.04. The summed E-state index contributed by atoms with van der Waals surface area (Å²) >= 11 is 0. The van der Waals surface area contributed by atoms with Gasteiger partial charge in [-0.3, -0.25) is 19.9 Å². The molecule has 1 aromatic heterocycles. The van der Waals surface area contributed by atoms with Crippen LogP contribution in [0.25, 0.3) is 0 Å². The lowest BCUT2D eigenvalue weighted by Gasteiger charge is -2.37. The Morgan fingerprint density at radius 1 is 1.45 bits per heavy atom. The van der Waals surface area contributed by atoms with E-state index in [0.29, 0.717) is 19.0 Å². The van der Waals surface area contributed by atoms with Gasteiger partial charge in [0, 0.05) is 32.1 Å². The van der Waals surface area contributed by atoms with Crippen molar-refractivity contribution in [1.29, 1.82) is 0 Å². The van der Waals surface area contributed by atoms with E-state index in [1.807, 2.05) is 10.3 Å². The van der Waals surface area contributed by atoms with Crippen LogP contribution in [0.1, 0.15) is 29.2 Å². The van der Waals surface area contributed by atoms with E-state index in [0.717, 1.165) is 31.8 Å². The number of carbonyl (C=O) groups excluding carboxylic acids is 2. The number of hydrogen-bond acceptors (Lipinski definition) is 5. The van der Waals surface area contributed by atoms with Crippen LogP contribution in [0, 0.1) is 0 Å². The largest absolute Gasteiger partial charge is 0.455 e. The molecule has 2 saturated heterocycles. The standard InChI is InChI=1S/C13H18N4O3/c14-15-13(19)11-3-2-10(20-11)8-16-5-6-17-9(7-16)1-4-12(17)18/h2-3,9H,1,4-8,14H2,(H,15,19). The van der Waals surface area contributed by atoms with E-state index in [4.69, 9.17) is 10.3 Å². The van der Waals surface area contributed by atoms with E-state index < -0.39 is 5.91 Å². The van der Waals surface area contributed by atoms with Crippen molar-refractivity contribution in [2.24, 2.45) is 5.84 Å². The van der Waals surface area contributed by atoms with Crippen molar-refractivity contribution in [1.82, 2.24) is 15.2 Å². The monoisotopic (exact) mass is 278 g/mol. The summed E-state index contributed by atoms with van der Waals surface area (Å²) in [7, 11) is 0. The van der Waals surface area contributed by atoms with Crippen molar-refractivity contribution >= 4 is 11.8 Å². The lowest BCUT2D eigenvalue weighted by Crippen LogP contribution is -2.50. The number of nitrogen functional groups attached to an aromatic ring is 1. The highest BCUT2D eigenvalue weighted by Crippen LogP contribution is 2.24. The van der Waals surface area contributed by atoms with Crippen LogP contribution in [0.2, 0.25) is 0 Å². The van der Waals surface area contributed by atoms with Gasteiger partial charge in [-0.2, -0.15) is 0 Å². The number of piperazine rings is 1. The molecule has 0 aliphatic carbocycles. The van der Waals surface area contributed by atoms with Crippen LogP contribution in [0.4, 0.5) is 0 Å². The molecule has 3 heterocycles. The molecule has 2 fully saturated rings. The molecule has 0 bridgehead atoms. The molecule has 0 radical (unpaired) electrons. The number of nitrogens with one attached hydrogen (secondary N) is 1. The minimum Gasteiger partial charge on any atom is -0.455 e. The van der Waals surface area contributed by atoms with Crippen LogP contribution >= 0.6 is 0 Å². The maximum atomic E-state index is 11.6. The molecular weight excluding hydrogens is 260 g/mol. The number of hydrogen-bond donors (Lipinski definition) is 2. The molecule has 0 saturated carbocycles. The first-order valence-corrected chi connectivity index (χ1v) is 6.79. The van der Waals surface area contributed by atoms with Gasteiger partial charge in [0.15, 0.2) is 5.76 Å². The van der Waals surface area contributed by atoms with Gasteiger partial charge in [-0.1, -0.05) is 0 Å². The van der Waals surface area contributed by atoms with Gasteiger partial charge in [-0.15, -0.1) is 0 Å². The molecule has 1 atom stereocenters. The van der Waals surface area contributed by atoms with Crippen molar-refractivity contribution in [2.45, 2.75) is 25.4 Å². The zero-order valence-electron chi connectivity index (χ0n) is 11.2. The van der Waals surface area contributed by atoms with Gasteiger partial charge in [-0.25, -0.2) is 5.84 Å². The summed E-state index contributed by atoms with van der Waals surface area (Å²) in [6, 6.07) is 3.74. The topological polar surface area (TPSA) is 91.8 Å². The zero-order valence-corrected chi connectivity index (χ0v) is 11.2.